The molecule has 4 heteroatoms. The van der Waals surface area contributed by atoms with E-state index in [1.54, 1.807) is 7.11 Å². The van der Waals surface area contributed by atoms with Crippen molar-refractivity contribution in [1.29, 1.82) is 0 Å². The average Bonchev–Trinajstić information content (AvgIpc) is 2.36. The molecule has 0 aliphatic carbocycles. The molecule has 0 aliphatic heterocycles. The molecule has 0 radical (unpaired) electrons. The lowest BCUT2D eigenvalue weighted by atomic mass is 10.0. The molecule has 1 aromatic carbocycles. The summed E-state index contributed by atoms with van der Waals surface area (Å²) < 4.78 is 5.44. The number of aryl methyl sites for hydroxylation is 2. The van der Waals surface area contributed by atoms with Gasteiger partial charge in [-0.25, -0.2) is 0 Å². The van der Waals surface area contributed by atoms with Gasteiger partial charge in [-0.3, -0.25) is 4.79 Å². The third-order valence-corrected chi connectivity index (χ3v) is 3.49. The molecule has 1 unspecified atom stereocenters. The first kappa shape index (κ1) is 15.5. The molecular weight excluding hydrogens is 240 g/mol. The number of methoxy groups -OCH3 is 1. The summed E-state index contributed by atoms with van der Waals surface area (Å²) in [7, 11) is 1.63. The van der Waals surface area contributed by atoms with Gasteiger partial charge in [-0.15, -0.1) is 0 Å². The Hall–Kier alpha value is -1.55. The van der Waals surface area contributed by atoms with Crippen LogP contribution in [0.2, 0.25) is 0 Å². The second-order valence-corrected chi connectivity index (χ2v) is 5.01. The Kier molecular flexibility index (Phi) is 5.36. The van der Waals surface area contributed by atoms with Crippen LogP contribution in [0.15, 0.2) is 6.07 Å². The van der Waals surface area contributed by atoms with Crippen LogP contribution >= 0.6 is 0 Å². The minimum atomic E-state index is -0.101. The van der Waals surface area contributed by atoms with Crippen molar-refractivity contribution < 1.29 is 9.53 Å². The van der Waals surface area contributed by atoms with Crippen LogP contribution in [0.3, 0.4) is 0 Å². The summed E-state index contributed by atoms with van der Waals surface area (Å²) in [6.07, 6.45) is 0.679. The van der Waals surface area contributed by atoms with E-state index in [0.29, 0.717) is 13.0 Å². The number of nitrogens with two attached hydrogens (primary N) is 1. The van der Waals surface area contributed by atoms with E-state index in [-0.39, 0.29) is 11.8 Å². The molecule has 1 aromatic rings. The van der Waals surface area contributed by atoms with E-state index < -0.39 is 0 Å². The van der Waals surface area contributed by atoms with Gasteiger partial charge in [-0.05, 0) is 50.4 Å². The lowest BCUT2D eigenvalue weighted by molar-refractivity contribution is -0.119. The largest absolute Gasteiger partial charge is 0.494 e. The summed E-state index contributed by atoms with van der Waals surface area (Å²) in [4.78, 5) is 12.1. The fraction of sp³-hybridized carbons (Fsp3) is 0.533. The Morgan fingerprint density at radius 3 is 2.53 bits per heavy atom. The molecule has 0 saturated carbocycles. The Balaban J connectivity index is 3.07. The van der Waals surface area contributed by atoms with Crippen LogP contribution < -0.4 is 15.8 Å². The molecule has 4 nitrogen and oxygen atoms in total. The average molecular weight is 264 g/mol. The number of rotatable bonds is 5. The summed E-state index contributed by atoms with van der Waals surface area (Å²) >= 11 is 0. The van der Waals surface area contributed by atoms with Gasteiger partial charge in [-0.1, -0.05) is 13.0 Å². The van der Waals surface area contributed by atoms with Crippen molar-refractivity contribution in [2.45, 2.75) is 34.1 Å². The maximum atomic E-state index is 12.1. The van der Waals surface area contributed by atoms with Gasteiger partial charge >= 0.3 is 0 Å². The fourth-order valence-electron chi connectivity index (χ4n) is 2.09. The van der Waals surface area contributed by atoms with Crippen molar-refractivity contribution in [3.63, 3.8) is 0 Å². The van der Waals surface area contributed by atoms with Gasteiger partial charge in [0.15, 0.2) is 0 Å². The van der Waals surface area contributed by atoms with E-state index >= 15 is 0 Å². The van der Waals surface area contributed by atoms with Gasteiger partial charge in [0.05, 0.1) is 12.8 Å². The summed E-state index contributed by atoms with van der Waals surface area (Å²) in [5.74, 6) is 0.622. The zero-order valence-corrected chi connectivity index (χ0v) is 12.5. The Morgan fingerprint density at radius 2 is 2.00 bits per heavy atom. The maximum absolute atomic E-state index is 12.1. The summed E-state index contributed by atoms with van der Waals surface area (Å²) in [6, 6.07) is 2.06. The van der Waals surface area contributed by atoms with Crippen molar-refractivity contribution in [3.8, 4) is 5.75 Å². The van der Waals surface area contributed by atoms with E-state index in [4.69, 9.17) is 10.5 Å². The van der Waals surface area contributed by atoms with Crippen LogP contribution in [-0.2, 0) is 4.79 Å². The van der Waals surface area contributed by atoms with Gasteiger partial charge in [0, 0.05) is 5.92 Å². The molecular formula is C15H24N2O2. The van der Waals surface area contributed by atoms with E-state index in [9.17, 15) is 4.79 Å². The molecule has 1 atom stereocenters. The van der Waals surface area contributed by atoms with Crippen LogP contribution in [0.1, 0.15) is 30.0 Å². The van der Waals surface area contributed by atoms with Crippen LogP contribution in [-0.4, -0.2) is 19.6 Å². The second kappa shape index (κ2) is 6.57. The monoisotopic (exact) mass is 264 g/mol. The van der Waals surface area contributed by atoms with Crippen LogP contribution in [0.4, 0.5) is 5.69 Å². The molecule has 0 aliphatic rings. The molecule has 106 valence electrons. The van der Waals surface area contributed by atoms with E-state index in [2.05, 4.69) is 11.4 Å². The van der Waals surface area contributed by atoms with E-state index in [1.165, 1.54) is 0 Å². The number of carbonyl (C=O) groups excluding carboxylic acids is 1. The standard InChI is InChI=1S/C15H24N2O2/c1-9(6-7-16)15(18)17-13-11(3)8-10(2)12(4)14(13)19-5/h8-9H,6-7,16H2,1-5H3,(H,17,18). The number of nitrogens with one attached hydrogen (secondary N) is 1. The van der Waals surface area contributed by atoms with E-state index in [1.807, 2.05) is 27.7 Å². The van der Waals surface area contributed by atoms with Crippen molar-refractivity contribution in [2.75, 3.05) is 19.0 Å². The molecule has 0 spiro atoms. The maximum Gasteiger partial charge on any atom is 0.227 e. The normalized spacial score (nSPS) is 12.1. The van der Waals surface area contributed by atoms with Gasteiger partial charge in [0.2, 0.25) is 5.91 Å². The highest BCUT2D eigenvalue weighted by Crippen LogP contribution is 2.34. The number of carbonyl (C=O) groups is 1. The number of hydrogen-bond donors (Lipinski definition) is 2. The summed E-state index contributed by atoms with van der Waals surface area (Å²) in [5, 5.41) is 2.96. The minimum absolute atomic E-state index is 0.0184. The summed E-state index contributed by atoms with van der Waals surface area (Å²) in [5.41, 5.74) is 9.46. The number of anilines is 1. The SMILES string of the molecule is COc1c(C)c(C)cc(C)c1NC(=O)C(C)CCN. The first-order valence-corrected chi connectivity index (χ1v) is 6.58. The Morgan fingerprint density at radius 1 is 1.37 bits per heavy atom. The van der Waals surface area contributed by atoms with Crippen molar-refractivity contribution in [1.82, 2.24) is 0 Å². The lowest BCUT2D eigenvalue weighted by Crippen LogP contribution is -2.23. The highest BCUT2D eigenvalue weighted by Gasteiger charge is 2.18. The minimum Gasteiger partial charge on any atom is -0.494 e. The summed E-state index contributed by atoms with van der Waals surface area (Å²) in [6.45, 7) is 8.39. The van der Waals surface area contributed by atoms with Crippen molar-refractivity contribution >= 4 is 11.6 Å². The van der Waals surface area contributed by atoms with Crippen LogP contribution in [0.25, 0.3) is 0 Å². The second-order valence-electron chi connectivity index (χ2n) is 5.01. The van der Waals surface area contributed by atoms with Gasteiger partial charge < -0.3 is 15.8 Å². The zero-order chi connectivity index (χ0) is 14.6. The highest BCUT2D eigenvalue weighted by molar-refractivity contribution is 5.95. The topological polar surface area (TPSA) is 64.3 Å². The molecule has 19 heavy (non-hydrogen) atoms. The molecule has 1 rings (SSSR count). The predicted molar refractivity (Wildman–Crippen MR) is 78.7 cm³/mol. The van der Waals surface area contributed by atoms with Crippen LogP contribution in [0.5, 0.6) is 5.75 Å². The molecule has 3 N–H and O–H groups in total. The highest BCUT2D eigenvalue weighted by atomic mass is 16.5. The predicted octanol–water partition coefficient (Wildman–Crippen LogP) is 2.54. The number of ether oxygens (including phenoxy) is 1. The molecule has 1 amide bonds. The van der Waals surface area contributed by atoms with Gasteiger partial charge in [0.1, 0.15) is 5.75 Å². The zero-order valence-electron chi connectivity index (χ0n) is 12.5. The van der Waals surface area contributed by atoms with Crippen LogP contribution in [0, 0.1) is 26.7 Å². The molecule has 0 bridgehead atoms. The number of benzene rings is 1. The Bertz CT molecular complexity index is 470. The van der Waals surface area contributed by atoms with Gasteiger partial charge in [-0.2, -0.15) is 0 Å². The van der Waals surface area contributed by atoms with E-state index in [0.717, 1.165) is 28.1 Å². The Labute approximate surface area is 115 Å². The third-order valence-electron chi connectivity index (χ3n) is 3.49. The molecule has 0 fully saturated rings. The lowest BCUT2D eigenvalue weighted by Gasteiger charge is -2.19. The van der Waals surface area contributed by atoms with Gasteiger partial charge in [0.25, 0.3) is 0 Å². The molecule has 0 aromatic heterocycles. The smallest absolute Gasteiger partial charge is 0.227 e. The fourth-order valence-corrected chi connectivity index (χ4v) is 2.09. The molecule has 0 saturated heterocycles. The number of hydrogen-bond acceptors (Lipinski definition) is 3. The first-order valence-electron chi connectivity index (χ1n) is 6.58. The first-order chi connectivity index (χ1) is 8.92. The number of amides is 1. The van der Waals surface area contributed by atoms with Crippen molar-refractivity contribution in [2.24, 2.45) is 11.7 Å². The molecule has 0 heterocycles. The quantitative estimate of drug-likeness (QED) is 0.859. The third kappa shape index (κ3) is 3.47. The van der Waals surface area contributed by atoms with Crippen molar-refractivity contribution in [3.05, 3.63) is 22.8 Å².